The van der Waals surface area contributed by atoms with E-state index in [1.165, 1.54) is 92.6 Å². The summed E-state index contributed by atoms with van der Waals surface area (Å²) in [5, 5.41) is 7.33. The third kappa shape index (κ3) is 5.07. The first-order chi connectivity index (χ1) is 25.3. The van der Waals surface area contributed by atoms with Crippen LogP contribution in [-0.2, 0) is 0 Å². The summed E-state index contributed by atoms with van der Waals surface area (Å²) in [7, 11) is 0. The van der Waals surface area contributed by atoms with Gasteiger partial charge in [0.05, 0.1) is 0 Å². The molecule has 8 aromatic carbocycles. The van der Waals surface area contributed by atoms with Crippen LogP contribution in [-0.4, -0.2) is 0 Å². The molecule has 1 saturated carbocycles. The van der Waals surface area contributed by atoms with E-state index in [0.717, 1.165) is 33.1 Å². The Labute approximate surface area is 298 Å². The molecule has 1 aliphatic rings. The van der Waals surface area contributed by atoms with Gasteiger partial charge in [0, 0.05) is 16.3 Å². The molecule has 0 spiro atoms. The molecule has 1 heteroatoms. The van der Waals surface area contributed by atoms with Gasteiger partial charge < -0.3 is 4.42 Å². The molecule has 1 aliphatic carbocycles. The lowest BCUT2D eigenvalue weighted by Gasteiger charge is -2.22. The van der Waals surface area contributed by atoms with Crippen molar-refractivity contribution in [2.24, 2.45) is 0 Å². The molecule has 0 atom stereocenters. The van der Waals surface area contributed by atoms with Crippen LogP contribution in [0.5, 0.6) is 0 Å². The Bertz CT molecular complexity index is 2710. The summed E-state index contributed by atoms with van der Waals surface area (Å²) in [6, 6.07) is 60.1. The summed E-state index contributed by atoms with van der Waals surface area (Å²) in [5.74, 6) is 0.669. The average Bonchev–Trinajstić information content (AvgIpc) is 3.60. The Kier molecular flexibility index (Phi) is 7.31. The fourth-order valence-corrected chi connectivity index (χ4v) is 8.87. The van der Waals surface area contributed by atoms with Crippen LogP contribution in [0.3, 0.4) is 0 Å². The van der Waals surface area contributed by atoms with E-state index in [1.54, 1.807) is 0 Å². The first-order valence-electron chi connectivity index (χ1n) is 18.5. The van der Waals surface area contributed by atoms with E-state index in [0.29, 0.717) is 5.92 Å². The van der Waals surface area contributed by atoms with Crippen molar-refractivity contribution in [2.45, 2.75) is 38.0 Å². The monoisotopic (exact) mass is 654 g/mol. The number of fused-ring (bicyclic) bond motifs is 5. The maximum atomic E-state index is 6.76. The minimum Gasteiger partial charge on any atom is -0.455 e. The second kappa shape index (κ2) is 12.4. The van der Waals surface area contributed by atoms with Gasteiger partial charge in [0.2, 0.25) is 0 Å². The summed E-state index contributed by atoms with van der Waals surface area (Å²) in [5.41, 5.74) is 13.1. The molecule has 0 radical (unpaired) electrons. The zero-order chi connectivity index (χ0) is 33.7. The van der Waals surface area contributed by atoms with E-state index < -0.39 is 0 Å². The number of benzene rings is 8. The second-order valence-corrected chi connectivity index (χ2v) is 14.2. The Balaban J connectivity index is 1.27. The van der Waals surface area contributed by atoms with E-state index in [1.807, 2.05) is 0 Å². The highest BCUT2D eigenvalue weighted by atomic mass is 16.3. The van der Waals surface area contributed by atoms with Crippen LogP contribution in [0.4, 0.5) is 0 Å². The van der Waals surface area contributed by atoms with E-state index in [4.69, 9.17) is 4.42 Å². The first-order valence-corrected chi connectivity index (χ1v) is 18.5. The molecule has 1 nitrogen and oxygen atoms in total. The Morgan fingerprint density at radius 1 is 0.392 bits per heavy atom. The summed E-state index contributed by atoms with van der Waals surface area (Å²) < 4.78 is 6.76. The first kappa shape index (κ1) is 29.9. The van der Waals surface area contributed by atoms with Gasteiger partial charge in [-0.15, -0.1) is 0 Å². The lowest BCUT2D eigenvalue weighted by atomic mass is 9.82. The predicted molar refractivity (Wildman–Crippen MR) is 216 cm³/mol. The molecule has 1 aromatic heterocycles. The van der Waals surface area contributed by atoms with Gasteiger partial charge in [-0.25, -0.2) is 0 Å². The van der Waals surface area contributed by atoms with Crippen LogP contribution in [0.1, 0.15) is 43.6 Å². The van der Waals surface area contributed by atoms with E-state index in [-0.39, 0.29) is 0 Å². The quantitative estimate of drug-likeness (QED) is 0.168. The molecule has 0 amide bonds. The Morgan fingerprint density at radius 2 is 1.00 bits per heavy atom. The standard InChI is InChI=1S/C50H38O/c1-4-15-33(16-5-1)36-21-12-22-37(31-36)38-29-30-42-45(32-38)47(35-19-8-3-9-20-35)40-23-10-11-24-41(40)48(42)43-26-14-28-46-49(43)44-27-13-25-39(50(44)51-46)34-17-6-2-7-18-34/h2-3,6-14,17-33H,1,4-5,15-16H2. The van der Waals surface area contributed by atoms with Crippen molar-refractivity contribution in [1.82, 2.24) is 0 Å². The van der Waals surface area contributed by atoms with Crippen molar-refractivity contribution >= 4 is 43.5 Å². The predicted octanol–water partition coefficient (Wildman–Crippen LogP) is 14.6. The fourth-order valence-electron chi connectivity index (χ4n) is 8.87. The molecular formula is C50H38O. The highest BCUT2D eigenvalue weighted by molar-refractivity contribution is 6.26. The summed E-state index contributed by atoms with van der Waals surface area (Å²) >= 11 is 0. The van der Waals surface area contributed by atoms with Gasteiger partial charge >= 0.3 is 0 Å². The van der Waals surface area contributed by atoms with E-state index in [2.05, 4.69) is 164 Å². The average molecular weight is 655 g/mol. The normalized spacial score (nSPS) is 13.8. The number of furan rings is 1. The van der Waals surface area contributed by atoms with Crippen molar-refractivity contribution < 1.29 is 4.42 Å². The van der Waals surface area contributed by atoms with Gasteiger partial charge in [0.1, 0.15) is 11.2 Å². The molecule has 0 aliphatic heterocycles. The Hall–Kier alpha value is -5.92. The number of hydrogen-bond donors (Lipinski definition) is 0. The molecule has 0 N–H and O–H groups in total. The minimum absolute atomic E-state index is 0.669. The van der Waals surface area contributed by atoms with Gasteiger partial charge in [0.25, 0.3) is 0 Å². The third-order valence-electron chi connectivity index (χ3n) is 11.3. The molecule has 0 unspecified atom stereocenters. The highest BCUT2D eigenvalue weighted by Gasteiger charge is 2.22. The number of rotatable bonds is 5. The van der Waals surface area contributed by atoms with Crippen LogP contribution in [0.25, 0.3) is 88.0 Å². The molecule has 0 bridgehead atoms. The Morgan fingerprint density at radius 3 is 1.80 bits per heavy atom. The van der Waals surface area contributed by atoms with Gasteiger partial charge in [-0.3, -0.25) is 0 Å². The molecule has 0 saturated heterocycles. The summed E-state index contributed by atoms with van der Waals surface area (Å²) in [6.45, 7) is 0. The molecule has 244 valence electrons. The smallest absolute Gasteiger partial charge is 0.143 e. The lowest BCUT2D eigenvalue weighted by molar-refractivity contribution is 0.444. The number of hydrogen-bond acceptors (Lipinski definition) is 1. The van der Waals surface area contributed by atoms with Crippen molar-refractivity contribution in [1.29, 1.82) is 0 Å². The van der Waals surface area contributed by atoms with Crippen molar-refractivity contribution in [2.75, 3.05) is 0 Å². The van der Waals surface area contributed by atoms with Crippen LogP contribution in [0.2, 0.25) is 0 Å². The van der Waals surface area contributed by atoms with Crippen LogP contribution in [0.15, 0.2) is 168 Å². The van der Waals surface area contributed by atoms with E-state index in [9.17, 15) is 0 Å². The third-order valence-corrected chi connectivity index (χ3v) is 11.3. The molecule has 10 rings (SSSR count). The van der Waals surface area contributed by atoms with Gasteiger partial charge in [-0.05, 0) is 96.9 Å². The van der Waals surface area contributed by atoms with Crippen molar-refractivity contribution in [3.05, 3.63) is 169 Å². The topological polar surface area (TPSA) is 13.1 Å². The number of para-hydroxylation sites is 1. The molecular weight excluding hydrogens is 617 g/mol. The van der Waals surface area contributed by atoms with Crippen LogP contribution < -0.4 is 0 Å². The van der Waals surface area contributed by atoms with Gasteiger partial charge in [-0.1, -0.05) is 171 Å². The van der Waals surface area contributed by atoms with Crippen molar-refractivity contribution in [3.8, 4) is 44.5 Å². The molecule has 1 fully saturated rings. The van der Waals surface area contributed by atoms with Crippen LogP contribution in [0, 0.1) is 0 Å². The second-order valence-electron chi connectivity index (χ2n) is 14.2. The molecule has 1 heterocycles. The minimum atomic E-state index is 0.669. The van der Waals surface area contributed by atoms with Crippen LogP contribution >= 0.6 is 0 Å². The zero-order valence-electron chi connectivity index (χ0n) is 28.6. The SMILES string of the molecule is c1ccc(-c2c3ccccc3c(-c3cccc4oc5c(-c6ccccc6)cccc5c34)c3ccc(-c4cccc(C5CCCCC5)c4)cc23)cc1. The molecule has 9 aromatic rings. The lowest BCUT2D eigenvalue weighted by Crippen LogP contribution is -2.04. The fraction of sp³-hybridized carbons (Fsp3) is 0.120. The maximum Gasteiger partial charge on any atom is 0.143 e. The van der Waals surface area contributed by atoms with E-state index >= 15 is 0 Å². The van der Waals surface area contributed by atoms with Gasteiger partial charge in [0.15, 0.2) is 0 Å². The largest absolute Gasteiger partial charge is 0.455 e. The molecule has 51 heavy (non-hydrogen) atoms. The highest BCUT2D eigenvalue weighted by Crippen LogP contribution is 2.48. The maximum absolute atomic E-state index is 6.76. The summed E-state index contributed by atoms with van der Waals surface area (Å²) in [4.78, 5) is 0. The zero-order valence-corrected chi connectivity index (χ0v) is 28.6. The summed E-state index contributed by atoms with van der Waals surface area (Å²) in [6.07, 6.45) is 6.66. The van der Waals surface area contributed by atoms with Crippen molar-refractivity contribution in [3.63, 3.8) is 0 Å². The van der Waals surface area contributed by atoms with Gasteiger partial charge in [-0.2, -0.15) is 0 Å².